The number of nitrogens with zero attached hydrogens (tertiary/aromatic N) is 2. The third kappa shape index (κ3) is 5.20. The fourth-order valence-corrected chi connectivity index (χ4v) is 3.39. The van der Waals surface area contributed by atoms with Crippen LogP contribution in [0.4, 0.5) is 14.5 Å². The molecule has 0 unspecified atom stereocenters. The van der Waals surface area contributed by atoms with Gasteiger partial charge in [-0.05, 0) is 48.2 Å². The number of rotatable bonds is 7. The van der Waals surface area contributed by atoms with Crippen LogP contribution in [0.5, 0.6) is 0 Å². The molecule has 0 radical (unpaired) electrons. The lowest BCUT2D eigenvalue weighted by molar-refractivity contribution is -0.118. The summed E-state index contributed by atoms with van der Waals surface area (Å²) < 4.78 is 27.6. The van der Waals surface area contributed by atoms with Crippen LogP contribution in [0, 0.1) is 18.7 Å². The maximum Gasteiger partial charge on any atom is 0.226 e. The normalized spacial score (nSPS) is 10.7. The van der Waals surface area contributed by atoms with Gasteiger partial charge in [0, 0.05) is 31.1 Å². The molecule has 0 aliphatic rings. The summed E-state index contributed by atoms with van der Waals surface area (Å²) in [4.78, 5) is 29.4. The summed E-state index contributed by atoms with van der Waals surface area (Å²) in [6.07, 6.45) is 1.06. The van der Waals surface area contributed by atoms with Crippen molar-refractivity contribution in [3.8, 4) is 11.1 Å². The summed E-state index contributed by atoms with van der Waals surface area (Å²) in [6, 6.07) is 14.6. The van der Waals surface area contributed by atoms with Gasteiger partial charge in [0.1, 0.15) is 5.82 Å². The van der Waals surface area contributed by atoms with Gasteiger partial charge in [-0.1, -0.05) is 43.3 Å². The molecule has 0 N–H and O–H groups in total. The number of ketones is 1. The number of halogens is 2. The van der Waals surface area contributed by atoms with Gasteiger partial charge in [-0.3, -0.25) is 9.59 Å². The summed E-state index contributed by atoms with van der Waals surface area (Å²) in [5, 5.41) is 0. The average Bonchev–Trinajstić information content (AvgIpc) is 2.77. The van der Waals surface area contributed by atoms with E-state index >= 15 is 0 Å². The molecule has 0 bridgehead atoms. The van der Waals surface area contributed by atoms with Gasteiger partial charge in [0.05, 0.1) is 5.69 Å². The molecule has 1 amide bonds. The highest BCUT2D eigenvalue weighted by atomic mass is 19.1. The van der Waals surface area contributed by atoms with Gasteiger partial charge in [0.2, 0.25) is 11.9 Å². The van der Waals surface area contributed by atoms with Crippen LogP contribution in [-0.4, -0.2) is 23.7 Å². The highest BCUT2D eigenvalue weighted by molar-refractivity contribution is 5.96. The van der Waals surface area contributed by atoms with Gasteiger partial charge < -0.3 is 4.90 Å². The van der Waals surface area contributed by atoms with E-state index < -0.39 is 11.8 Å². The van der Waals surface area contributed by atoms with E-state index in [-0.39, 0.29) is 23.8 Å². The van der Waals surface area contributed by atoms with Crippen LogP contribution in [0.3, 0.4) is 0 Å². The van der Waals surface area contributed by atoms with E-state index in [0.717, 1.165) is 11.1 Å². The molecule has 0 spiro atoms. The van der Waals surface area contributed by atoms with Crippen LogP contribution < -0.4 is 4.90 Å². The zero-order chi connectivity index (χ0) is 22.5. The molecule has 2 aromatic carbocycles. The van der Waals surface area contributed by atoms with Crippen molar-refractivity contribution in [3.63, 3.8) is 0 Å². The van der Waals surface area contributed by atoms with Crippen LogP contribution in [0.15, 0.2) is 54.6 Å². The second kappa shape index (κ2) is 9.60. The Morgan fingerprint density at radius 2 is 1.65 bits per heavy atom. The predicted octanol–water partition coefficient (Wildman–Crippen LogP) is 5.52. The Labute approximate surface area is 180 Å². The quantitative estimate of drug-likeness (QED) is 0.372. The van der Waals surface area contributed by atoms with Crippen molar-refractivity contribution in [1.29, 1.82) is 0 Å². The van der Waals surface area contributed by atoms with E-state index in [1.54, 1.807) is 63.4 Å². The Morgan fingerprint density at radius 3 is 2.26 bits per heavy atom. The van der Waals surface area contributed by atoms with Gasteiger partial charge >= 0.3 is 0 Å². The maximum absolute atomic E-state index is 14.5. The number of carbonyl (C=O) groups excluding carboxylic acids is 2. The predicted molar refractivity (Wildman–Crippen MR) is 117 cm³/mol. The summed E-state index contributed by atoms with van der Waals surface area (Å²) in [7, 11) is 1.55. The molecule has 0 atom stereocenters. The highest BCUT2D eigenvalue weighted by Crippen LogP contribution is 2.27. The van der Waals surface area contributed by atoms with Crippen molar-refractivity contribution in [1.82, 2.24) is 4.98 Å². The number of anilines is 1. The Morgan fingerprint density at radius 1 is 0.968 bits per heavy atom. The highest BCUT2D eigenvalue weighted by Gasteiger charge is 2.14. The van der Waals surface area contributed by atoms with Gasteiger partial charge in [-0.25, -0.2) is 9.37 Å². The molecule has 0 fully saturated rings. The Bertz CT molecular complexity index is 1110. The van der Waals surface area contributed by atoms with Crippen molar-refractivity contribution in [2.75, 3.05) is 11.9 Å². The molecule has 4 nitrogen and oxygen atoms in total. The molecule has 0 aliphatic heterocycles. The second-order valence-electron chi connectivity index (χ2n) is 7.35. The smallest absolute Gasteiger partial charge is 0.226 e. The fourth-order valence-electron chi connectivity index (χ4n) is 3.39. The minimum atomic E-state index is -0.531. The minimum Gasteiger partial charge on any atom is -0.313 e. The molecule has 31 heavy (non-hydrogen) atoms. The summed E-state index contributed by atoms with van der Waals surface area (Å²) >= 11 is 0. The Balaban J connectivity index is 1.70. The van der Waals surface area contributed by atoms with E-state index in [0.29, 0.717) is 29.7 Å². The summed E-state index contributed by atoms with van der Waals surface area (Å²) in [5.41, 5.74) is 3.64. The SMILES string of the molecule is CCC(=O)N(C)c1ccc(-c2ccc(C(=O)CCc3ccc(F)nc3C)cc2)cc1F. The van der Waals surface area contributed by atoms with Crippen molar-refractivity contribution in [2.24, 2.45) is 0 Å². The van der Waals surface area contributed by atoms with Crippen LogP contribution in [-0.2, 0) is 11.2 Å². The van der Waals surface area contributed by atoms with E-state index in [2.05, 4.69) is 4.98 Å². The zero-order valence-corrected chi connectivity index (χ0v) is 17.8. The van der Waals surface area contributed by atoms with Gasteiger partial charge in [0.15, 0.2) is 5.78 Å². The lowest BCUT2D eigenvalue weighted by Gasteiger charge is -2.17. The van der Waals surface area contributed by atoms with E-state index in [4.69, 9.17) is 0 Å². The van der Waals surface area contributed by atoms with Crippen LogP contribution in [0.25, 0.3) is 11.1 Å². The monoisotopic (exact) mass is 422 g/mol. The second-order valence-corrected chi connectivity index (χ2v) is 7.35. The lowest BCUT2D eigenvalue weighted by atomic mass is 9.99. The van der Waals surface area contributed by atoms with Gasteiger partial charge in [-0.2, -0.15) is 4.39 Å². The third-order valence-corrected chi connectivity index (χ3v) is 5.31. The molecule has 0 saturated carbocycles. The number of aryl methyl sites for hydroxylation is 2. The van der Waals surface area contributed by atoms with Crippen LogP contribution in [0.2, 0.25) is 0 Å². The first-order chi connectivity index (χ1) is 14.8. The molecule has 0 saturated heterocycles. The first kappa shape index (κ1) is 22.3. The molecule has 160 valence electrons. The molecule has 6 heteroatoms. The molecular weight excluding hydrogens is 398 g/mol. The Kier molecular flexibility index (Phi) is 6.90. The third-order valence-electron chi connectivity index (χ3n) is 5.31. The number of hydrogen-bond donors (Lipinski definition) is 0. The molecule has 1 aromatic heterocycles. The molecule has 3 aromatic rings. The number of pyridine rings is 1. The fraction of sp³-hybridized carbons (Fsp3) is 0.240. The van der Waals surface area contributed by atoms with Crippen LogP contribution >= 0.6 is 0 Å². The van der Waals surface area contributed by atoms with Crippen molar-refractivity contribution >= 4 is 17.4 Å². The largest absolute Gasteiger partial charge is 0.313 e. The first-order valence-corrected chi connectivity index (χ1v) is 10.1. The first-order valence-electron chi connectivity index (χ1n) is 10.1. The number of amides is 1. The zero-order valence-electron chi connectivity index (χ0n) is 17.8. The van der Waals surface area contributed by atoms with E-state index in [1.807, 2.05) is 0 Å². The average molecular weight is 422 g/mol. The standard InChI is InChI=1S/C25H24F2N2O2/c1-4-25(31)29(3)22-12-9-20(15-21(22)26)18-5-7-19(8-6-18)23(30)13-10-17-11-14-24(27)28-16(17)2/h5-9,11-12,14-15H,4,10,13H2,1-3H3. The topological polar surface area (TPSA) is 50.3 Å². The van der Waals surface area contributed by atoms with Crippen LogP contribution in [0.1, 0.15) is 41.4 Å². The van der Waals surface area contributed by atoms with Crippen molar-refractivity contribution < 1.29 is 18.4 Å². The minimum absolute atomic E-state index is 0.0310. The van der Waals surface area contributed by atoms with Crippen molar-refractivity contribution in [2.45, 2.75) is 33.1 Å². The number of carbonyl (C=O) groups is 2. The summed E-state index contributed by atoms with van der Waals surface area (Å²) in [6.45, 7) is 3.45. The number of Topliss-reactive ketones (excluding diaryl/α,β-unsaturated/α-hetero) is 1. The molecule has 3 rings (SSSR count). The molecule has 1 heterocycles. The molecule has 0 aliphatic carbocycles. The summed E-state index contributed by atoms with van der Waals surface area (Å²) in [5.74, 6) is -1.21. The lowest BCUT2D eigenvalue weighted by Crippen LogP contribution is -2.25. The number of hydrogen-bond acceptors (Lipinski definition) is 3. The Hall–Kier alpha value is -3.41. The maximum atomic E-state index is 14.5. The van der Waals surface area contributed by atoms with Gasteiger partial charge in [-0.15, -0.1) is 0 Å². The van der Waals surface area contributed by atoms with Crippen molar-refractivity contribution in [3.05, 3.63) is 83.2 Å². The van der Waals surface area contributed by atoms with Gasteiger partial charge in [0.25, 0.3) is 0 Å². The molecular formula is C25H24F2N2O2. The van der Waals surface area contributed by atoms with E-state index in [1.165, 1.54) is 17.0 Å². The number of aromatic nitrogens is 1. The van der Waals surface area contributed by atoms with E-state index in [9.17, 15) is 18.4 Å². The number of benzene rings is 2.